The van der Waals surface area contributed by atoms with Gasteiger partial charge in [0, 0.05) is 30.4 Å². The second kappa shape index (κ2) is 6.49. The van der Waals surface area contributed by atoms with E-state index < -0.39 is 0 Å². The molecule has 1 aliphatic heterocycles. The van der Waals surface area contributed by atoms with Gasteiger partial charge < -0.3 is 15.4 Å². The highest BCUT2D eigenvalue weighted by Crippen LogP contribution is 2.36. The fourth-order valence-corrected chi connectivity index (χ4v) is 3.25. The Bertz CT molecular complexity index is 435. The molecular weight excluding hydrogens is 248 g/mol. The number of nitrogens with zero attached hydrogens (tertiary/aromatic N) is 1. The van der Waals surface area contributed by atoms with Crippen LogP contribution in [0.2, 0.25) is 0 Å². The molecule has 1 aromatic carbocycles. The van der Waals surface area contributed by atoms with E-state index in [1.807, 2.05) is 13.0 Å². The minimum absolute atomic E-state index is 0.0102. The lowest BCUT2D eigenvalue weighted by Crippen LogP contribution is -2.36. The highest BCUT2D eigenvalue weighted by Gasteiger charge is 2.24. The summed E-state index contributed by atoms with van der Waals surface area (Å²) < 4.78 is 5.49. The first kappa shape index (κ1) is 15.2. The van der Waals surface area contributed by atoms with Gasteiger partial charge in [0.2, 0.25) is 0 Å². The molecule has 1 atom stereocenters. The van der Waals surface area contributed by atoms with Gasteiger partial charge in [-0.05, 0) is 43.7 Å². The number of benzene rings is 1. The van der Waals surface area contributed by atoms with Gasteiger partial charge in [-0.25, -0.2) is 0 Å². The van der Waals surface area contributed by atoms with Gasteiger partial charge in [-0.15, -0.1) is 0 Å². The Morgan fingerprint density at radius 3 is 2.35 bits per heavy atom. The predicted molar refractivity (Wildman–Crippen MR) is 85.4 cm³/mol. The van der Waals surface area contributed by atoms with Gasteiger partial charge in [0.05, 0.1) is 7.11 Å². The average Bonchev–Trinajstić information content (AvgIpc) is 2.46. The van der Waals surface area contributed by atoms with Crippen LogP contribution in [0.25, 0.3) is 0 Å². The van der Waals surface area contributed by atoms with Gasteiger partial charge in [-0.2, -0.15) is 0 Å². The number of nitrogens with two attached hydrogens (primary N) is 1. The molecule has 1 aliphatic rings. The van der Waals surface area contributed by atoms with Crippen LogP contribution in [0.5, 0.6) is 5.75 Å². The quantitative estimate of drug-likeness (QED) is 0.913. The Balaban J connectivity index is 2.21. The Morgan fingerprint density at radius 2 is 1.85 bits per heavy atom. The summed E-state index contributed by atoms with van der Waals surface area (Å²) in [5.41, 5.74) is 8.55. The molecule has 3 heteroatoms. The lowest BCUT2D eigenvalue weighted by molar-refractivity contribution is 0.311. The summed E-state index contributed by atoms with van der Waals surface area (Å²) in [6.45, 7) is 8.94. The Hall–Kier alpha value is -1.22. The highest BCUT2D eigenvalue weighted by molar-refractivity contribution is 5.61. The molecule has 0 radical (unpaired) electrons. The molecule has 0 bridgehead atoms. The van der Waals surface area contributed by atoms with Crippen molar-refractivity contribution in [3.05, 3.63) is 23.8 Å². The Morgan fingerprint density at radius 1 is 1.20 bits per heavy atom. The van der Waals surface area contributed by atoms with Crippen molar-refractivity contribution in [2.45, 2.75) is 39.7 Å². The normalized spacial score (nSPS) is 18.4. The molecule has 20 heavy (non-hydrogen) atoms. The summed E-state index contributed by atoms with van der Waals surface area (Å²) in [5.74, 6) is 2.55. The van der Waals surface area contributed by atoms with E-state index in [0.29, 0.717) is 0 Å². The maximum absolute atomic E-state index is 6.17. The molecule has 2 rings (SSSR count). The fourth-order valence-electron chi connectivity index (χ4n) is 3.25. The van der Waals surface area contributed by atoms with E-state index in [-0.39, 0.29) is 6.04 Å². The third-order valence-electron chi connectivity index (χ3n) is 4.54. The molecule has 1 heterocycles. The average molecular weight is 276 g/mol. The van der Waals surface area contributed by atoms with Crippen LogP contribution in [-0.2, 0) is 0 Å². The number of hydrogen-bond acceptors (Lipinski definition) is 3. The van der Waals surface area contributed by atoms with Crippen LogP contribution in [0.15, 0.2) is 18.2 Å². The largest absolute Gasteiger partial charge is 0.496 e. The second-order valence-corrected chi connectivity index (χ2v) is 6.25. The minimum atomic E-state index is -0.0102. The van der Waals surface area contributed by atoms with E-state index in [1.165, 1.54) is 18.5 Å². The summed E-state index contributed by atoms with van der Waals surface area (Å²) in [5, 5.41) is 0. The van der Waals surface area contributed by atoms with Gasteiger partial charge in [0.25, 0.3) is 0 Å². The van der Waals surface area contributed by atoms with Crippen molar-refractivity contribution >= 4 is 5.69 Å². The first-order chi connectivity index (χ1) is 9.54. The fraction of sp³-hybridized carbons (Fsp3) is 0.647. The number of anilines is 1. The molecule has 1 aromatic rings. The van der Waals surface area contributed by atoms with Crippen LogP contribution in [0.1, 0.15) is 45.2 Å². The number of hydrogen-bond donors (Lipinski definition) is 1. The van der Waals surface area contributed by atoms with Crippen molar-refractivity contribution in [2.24, 2.45) is 17.6 Å². The van der Waals surface area contributed by atoms with Crippen LogP contribution < -0.4 is 15.4 Å². The number of ether oxygens (including phenoxy) is 1. The third kappa shape index (κ3) is 3.09. The molecule has 0 amide bonds. The molecule has 3 nitrogen and oxygen atoms in total. The summed E-state index contributed by atoms with van der Waals surface area (Å²) in [7, 11) is 1.72. The van der Waals surface area contributed by atoms with E-state index in [1.54, 1.807) is 7.11 Å². The minimum Gasteiger partial charge on any atom is -0.496 e. The van der Waals surface area contributed by atoms with Crippen molar-refractivity contribution in [2.75, 3.05) is 25.1 Å². The molecule has 0 saturated carbocycles. The Labute approximate surface area is 123 Å². The van der Waals surface area contributed by atoms with Gasteiger partial charge in [0.15, 0.2) is 0 Å². The summed E-state index contributed by atoms with van der Waals surface area (Å²) in [6, 6.07) is 6.23. The smallest absolute Gasteiger partial charge is 0.125 e. The topological polar surface area (TPSA) is 38.5 Å². The zero-order valence-electron chi connectivity index (χ0n) is 13.2. The number of methoxy groups -OCH3 is 1. The van der Waals surface area contributed by atoms with Crippen LogP contribution in [0.3, 0.4) is 0 Å². The van der Waals surface area contributed by atoms with E-state index in [2.05, 4.69) is 30.9 Å². The van der Waals surface area contributed by atoms with Crippen LogP contribution in [0, 0.1) is 11.8 Å². The van der Waals surface area contributed by atoms with E-state index in [0.717, 1.165) is 36.2 Å². The maximum atomic E-state index is 6.17. The van der Waals surface area contributed by atoms with Gasteiger partial charge in [-0.3, -0.25) is 0 Å². The van der Waals surface area contributed by atoms with Crippen molar-refractivity contribution in [1.82, 2.24) is 0 Å². The molecule has 0 unspecified atom stereocenters. The van der Waals surface area contributed by atoms with Crippen molar-refractivity contribution in [3.8, 4) is 5.75 Å². The SMILES string of the molecule is COc1cccc(N2CCC(C(C)C)CC2)c1[C@@H](C)N. The predicted octanol–water partition coefficient (Wildman–Crippen LogP) is 3.59. The zero-order valence-corrected chi connectivity index (χ0v) is 13.2. The molecule has 1 saturated heterocycles. The van der Waals surface area contributed by atoms with Crippen LogP contribution in [0.4, 0.5) is 5.69 Å². The number of piperidine rings is 1. The molecule has 0 aromatic heterocycles. The van der Waals surface area contributed by atoms with Crippen LogP contribution >= 0.6 is 0 Å². The maximum Gasteiger partial charge on any atom is 0.125 e. The lowest BCUT2D eigenvalue weighted by Gasteiger charge is -2.37. The lowest BCUT2D eigenvalue weighted by atomic mass is 9.86. The highest BCUT2D eigenvalue weighted by atomic mass is 16.5. The van der Waals surface area contributed by atoms with E-state index >= 15 is 0 Å². The van der Waals surface area contributed by atoms with Crippen LogP contribution in [-0.4, -0.2) is 20.2 Å². The van der Waals surface area contributed by atoms with Crippen molar-refractivity contribution in [1.29, 1.82) is 0 Å². The third-order valence-corrected chi connectivity index (χ3v) is 4.54. The van der Waals surface area contributed by atoms with E-state index in [9.17, 15) is 0 Å². The molecule has 0 spiro atoms. The molecular formula is C17H28N2O. The Kier molecular flexibility index (Phi) is 4.92. The molecule has 112 valence electrons. The zero-order chi connectivity index (χ0) is 14.7. The van der Waals surface area contributed by atoms with Crippen molar-refractivity contribution in [3.63, 3.8) is 0 Å². The molecule has 2 N–H and O–H groups in total. The summed E-state index contributed by atoms with van der Waals surface area (Å²) >= 11 is 0. The summed E-state index contributed by atoms with van der Waals surface area (Å²) in [4.78, 5) is 2.47. The van der Waals surface area contributed by atoms with Gasteiger partial charge >= 0.3 is 0 Å². The molecule has 0 aliphatic carbocycles. The standard InChI is InChI=1S/C17H28N2O/c1-12(2)14-8-10-19(11-9-14)15-6-5-7-16(20-4)17(15)13(3)18/h5-7,12-14H,8-11,18H2,1-4H3/t13-/m1/s1. The monoisotopic (exact) mass is 276 g/mol. The van der Waals surface area contributed by atoms with Gasteiger partial charge in [0.1, 0.15) is 5.75 Å². The van der Waals surface area contributed by atoms with Crippen molar-refractivity contribution < 1.29 is 4.74 Å². The summed E-state index contributed by atoms with van der Waals surface area (Å²) in [6.07, 6.45) is 2.54. The first-order valence-electron chi connectivity index (χ1n) is 7.72. The molecule has 1 fully saturated rings. The van der Waals surface area contributed by atoms with Gasteiger partial charge in [-0.1, -0.05) is 19.9 Å². The van der Waals surface area contributed by atoms with E-state index in [4.69, 9.17) is 10.5 Å². The second-order valence-electron chi connectivity index (χ2n) is 6.25. The first-order valence-corrected chi connectivity index (χ1v) is 7.72. The number of rotatable bonds is 4.